The molecule has 1 heterocycles. The van der Waals surface area contributed by atoms with Crippen LogP contribution in [-0.2, 0) is 4.79 Å². The Kier molecular flexibility index (Phi) is 4.32. The molecule has 2 rings (SSSR count). The van der Waals surface area contributed by atoms with Crippen molar-refractivity contribution < 1.29 is 14.3 Å². The van der Waals surface area contributed by atoms with Gasteiger partial charge < -0.3 is 26.0 Å². The maximum Gasteiger partial charge on any atom is 0.319 e. The number of hydrogen-bond donors (Lipinski definition) is 3. The zero-order valence-electron chi connectivity index (χ0n) is 12.3. The van der Waals surface area contributed by atoms with Crippen LogP contribution in [0.25, 0.3) is 0 Å². The number of urea groups is 1. The van der Waals surface area contributed by atoms with Gasteiger partial charge in [0.25, 0.3) is 0 Å². The Morgan fingerprint density at radius 2 is 2.19 bits per heavy atom. The van der Waals surface area contributed by atoms with Gasteiger partial charge in [-0.05, 0) is 32.0 Å². The lowest BCUT2D eigenvalue weighted by Crippen LogP contribution is -2.43. The molecule has 21 heavy (non-hydrogen) atoms. The monoisotopic (exact) mass is 292 g/mol. The number of ether oxygens (including phenoxy) is 1. The number of nitrogens with zero attached hydrogens (tertiary/aromatic N) is 1. The van der Waals surface area contributed by atoms with E-state index in [2.05, 4.69) is 10.6 Å². The Bertz CT molecular complexity index is 559. The highest BCUT2D eigenvalue weighted by atomic mass is 16.5. The summed E-state index contributed by atoms with van der Waals surface area (Å²) in [5.74, 6) is 0.339. The third-order valence-electron chi connectivity index (χ3n) is 3.06. The fraction of sp³-hybridized carbons (Fsp3) is 0.429. The normalized spacial score (nSPS) is 17.9. The van der Waals surface area contributed by atoms with Crippen molar-refractivity contribution in [2.45, 2.75) is 25.9 Å². The smallest absolute Gasteiger partial charge is 0.319 e. The molecule has 114 valence electrons. The number of nitrogens with two attached hydrogens (primary N) is 1. The lowest BCUT2D eigenvalue weighted by atomic mass is 10.2. The zero-order valence-corrected chi connectivity index (χ0v) is 12.3. The number of carbonyl (C=O) groups excluding carboxylic acids is 2. The topological polar surface area (TPSA) is 96.7 Å². The highest BCUT2D eigenvalue weighted by Gasteiger charge is 2.26. The minimum Gasteiger partial charge on any atom is -0.489 e. The van der Waals surface area contributed by atoms with Crippen LogP contribution >= 0.6 is 0 Å². The van der Waals surface area contributed by atoms with E-state index in [4.69, 9.17) is 10.5 Å². The van der Waals surface area contributed by atoms with E-state index < -0.39 is 6.04 Å². The molecule has 1 aliphatic rings. The molecule has 0 saturated heterocycles. The van der Waals surface area contributed by atoms with Crippen molar-refractivity contribution in [2.75, 3.05) is 23.9 Å². The van der Waals surface area contributed by atoms with Crippen LogP contribution < -0.4 is 26.0 Å². The minimum absolute atomic E-state index is 0.0383. The highest BCUT2D eigenvalue weighted by Crippen LogP contribution is 2.33. The molecular formula is C14H20N4O3. The van der Waals surface area contributed by atoms with Crippen LogP contribution in [0.4, 0.5) is 16.2 Å². The van der Waals surface area contributed by atoms with Crippen molar-refractivity contribution in [3.8, 4) is 5.75 Å². The summed E-state index contributed by atoms with van der Waals surface area (Å²) in [4.78, 5) is 25.2. The van der Waals surface area contributed by atoms with Crippen LogP contribution in [0.15, 0.2) is 18.2 Å². The molecule has 0 radical (unpaired) electrons. The fourth-order valence-corrected chi connectivity index (χ4v) is 2.03. The third kappa shape index (κ3) is 3.43. The summed E-state index contributed by atoms with van der Waals surface area (Å²) in [5.41, 5.74) is 6.88. The first-order chi connectivity index (χ1) is 9.88. The van der Waals surface area contributed by atoms with Gasteiger partial charge in [-0.25, -0.2) is 4.79 Å². The summed E-state index contributed by atoms with van der Waals surface area (Å²) >= 11 is 0. The molecule has 1 aliphatic heterocycles. The molecule has 0 bridgehead atoms. The van der Waals surface area contributed by atoms with Crippen LogP contribution in [0.5, 0.6) is 5.75 Å². The Morgan fingerprint density at radius 1 is 1.48 bits per heavy atom. The average Bonchev–Trinajstić information content (AvgIpc) is 2.51. The summed E-state index contributed by atoms with van der Waals surface area (Å²) in [5, 5.41) is 5.44. The number of nitrogens with one attached hydrogen (secondary N) is 2. The predicted octanol–water partition coefficient (Wildman–Crippen LogP) is 0.899. The number of anilines is 2. The van der Waals surface area contributed by atoms with Gasteiger partial charge in [-0.3, -0.25) is 4.79 Å². The van der Waals surface area contributed by atoms with Gasteiger partial charge in [0.1, 0.15) is 18.4 Å². The third-order valence-corrected chi connectivity index (χ3v) is 3.06. The zero-order chi connectivity index (χ0) is 15.6. The number of hydrogen-bond acceptors (Lipinski definition) is 4. The van der Waals surface area contributed by atoms with Crippen molar-refractivity contribution >= 4 is 23.3 Å². The van der Waals surface area contributed by atoms with Gasteiger partial charge in [0, 0.05) is 18.8 Å². The summed E-state index contributed by atoms with van der Waals surface area (Å²) in [6.45, 7) is 3.88. The van der Waals surface area contributed by atoms with Crippen LogP contribution in [0, 0.1) is 0 Å². The van der Waals surface area contributed by atoms with E-state index >= 15 is 0 Å². The van der Waals surface area contributed by atoms with Gasteiger partial charge in [0.05, 0.1) is 5.69 Å². The van der Waals surface area contributed by atoms with Crippen LogP contribution in [0.3, 0.4) is 0 Å². The fourth-order valence-electron chi connectivity index (χ4n) is 2.03. The number of rotatable bonds is 2. The molecule has 0 unspecified atom stereocenters. The Labute approximate surface area is 123 Å². The summed E-state index contributed by atoms with van der Waals surface area (Å²) in [6.07, 6.45) is 0. The van der Waals surface area contributed by atoms with Crippen molar-refractivity contribution in [3.63, 3.8) is 0 Å². The number of carbonyl (C=O) groups is 2. The van der Waals surface area contributed by atoms with Crippen molar-refractivity contribution in [2.24, 2.45) is 5.73 Å². The maximum absolute atomic E-state index is 12.0. The van der Waals surface area contributed by atoms with Gasteiger partial charge >= 0.3 is 6.03 Å². The van der Waals surface area contributed by atoms with Gasteiger partial charge in [-0.15, -0.1) is 0 Å². The van der Waals surface area contributed by atoms with Gasteiger partial charge in [0.2, 0.25) is 5.91 Å². The second kappa shape index (κ2) is 6.01. The molecule has 1 aromatic rings. The first-order valence-electron chi connectivity index (χ1n) is 6.76. The number of amides is 3. The molecule has 0 fully saturated rings. The standard InChI is InChI=1S/C14H20N4O3/c1-8(2)16-14(20)17-9-4-5-12-11(6-9)18(3)13(19)10(15)7-21-12/h4-6,8,10H,7,15H2,1-3H3,(H2,16,17,20)/t10-/m1/s1. The van der Waals surface area contributed by atoms with Crippen molar-refractivity contribution in [3.05, 3.63) is 18.2 Å². The Balaban J connectivity index is 2.22. The van der Waals surface area contributed by atoms with E-state index in [0.29, 0.717) is 17.1 Å². The summed E-state index contributed by atoms with van der Waals surface area (Å²) in [6, 6.07) is 4.16. The largest absolute Gasteiger partial charge is 0.489 e. The lowest BCUT2D eigenvalue weighted by Gasteiger charge is -2.19. The van der Waals surface area contributed by atoms with Crippen molar-refractivity contribution in [1.82, 2.24) is 5.32 Å². The molecule has 7 heteroatoms. The van der Waals surface area contributed by atoms with E-state index in [-0.39, 0.29) is 24.6 Å². The Hall–Kier alpha value is -2.28. The average molecular weight is 292 g/mol. The molecule has 0 saturated carbocycles. The molecular weight excluding hydrogens is 272 g/mol. The number of fused-ring (bicyclic) bond motifs is 1. The molecule has 1 aromatic carbocycles. The first-order valence-corrected chi connectivity index (χ1v) is 6.76. The van der Waals surface area contributed by atoms with E-state index in [9.17, 15) is 9.59 Å². The maximum atomic E-state index is 12.0. The molecule has 7 nitrogen and oxygen atoms in total. The van der Waals surface area contributed by atoms with E-state index in [0.717, 1.165) is 0 Å². The second-order valence-electron chi connectivity index (χ2n) is 5.25. The summed E-state index contributed by atoms with van der Waals surface area (Å²) < 4.78 is 5.51. The molecule has 0 aliphatic carbocycles. The molecule has 0 aromatic heterocycles. The van der Waals surface area contributed by atoms with Crippen LogP contribution in [0.1, 0.15) is 13.8 Å². The molecule has 0 spiro atoms. The minimum atomic E-state index is -0.692. The Morgan fingerprint density at radius 3 is 2.86 bits per heavy atom. The lowest BCUT2D eigenvalue weighted by molar-refractivity contribution is -0.119. The van der Waals surface area contributed by atoms with Gasteiger partial charge in [0.15, 0.2) is 0 Å². The van der Waals surface area contributed by atoms with Crippen LogP contribution in [-0.4, -0.2) is 37.7 Å². The second-order valence-corrected chi connectivity index (χ2v) is 5.25. The molecule has 3 amide bonds. The quantitative estimate of drug-likeness (QED) is 0.754. The number of benzene rings is 1. The molecule has 1 atom stereocenters. The summed E-state index contributed by atoms with van der Waals surface area (Å²) in [7, 11) is 1.63. The van der Waals surface area contributed by atoms with E-state index in [1.807, 2.05) is 13.8 Å². The molecule has 4 N–H and O–H groups in total. The van der Waals surface area contributed by atoms with Crippen LogP contribution in [0.2, 0.25) is 0 Å². The van der Waals surface area contributed by atoms with E-state index in [1.54, 1.807) is 25.2 Å². The van der Waals surface area contributed by atoms with Crippen molar-refractivity contribution in [1.29, 1.82) is 0 Å². The van der Waals surface area contributed by atoms with Gasteiger partial charge in [-0.2, -0.15) is 0 Å². The highest BCUT2D eigenvalue weighted by molar-refractivity contribution is 6.00. The SMILES string of the molecule is CC(C)NC(=O)Nc1ccc2c(c1)N(C)C(=O)[C@H](N)CO2. The number of likely N-dealkylation sites (N-methyl/N-ethyl adjacent to an activating group) is 1. The predicted molar refractivity (Wildman–Crippen MR) is 80.6 cm³/mol. The first kappa shape index (κ1) is 15.1. The van der Waals surface area contributed by atoms with E-state index in [1.165, 1.54) is 4.90 Å². The van der Waals surface area contributed by atoms with Gasteiger partial charge in [-0.1, -0.05) is 0 Å².